The maximum atomic E-state index is 5.58. The second-order valence-electron chi connectivity index (χ2n) is 4.71. The van der Waals surface area contributed by atoms with Crippen LogP contribution in [0.15, 0.2) is 6.07 Å². The minimum absolute atomic E-state index is 1.09. The molecule has 0 aliphatic heterocycles. The predicted octanol–water partition coefficient (Wildman–Crippen LogP) is 3.16. The van der Waals surface area contributed by atoms with Gasteiger partial charge in [0.25, 0.3) is 0 Å². The molecule has 0 unspecified atom stereocenters. The Bertz CT molecular complexity index is 372. The lowest BCUT2D eigenvalue weighted by Gasteiger charge is -2.16. The molecule has 17 heavy (non-hydrogen) atoms. The highest BCUT2D eigenvalue weighted by atomic mass is 16.5. The van der Waals surface area contributed by atoms with E-state index in [-0.39, 0.29) is 0 Å². The Balaban J connectivity index is 2.86. The molecule has 0 aromatic heterocycles. The van der Waals surface area contributed by atoms with E-state index in [1.54, 1.807) is 7.11 Å². The molecule has 96 valence electrons. The first-order valence-corrected chi connectivity index (χ1v) is 6.40. The Morgan fingerprint density at radius 3 is 2.41 bits per heavy atom. The van der Waals surface area contributed by atoms with Gasteiger partial charge in [-0.2, -0.15) is 0 Å². The fraction of sp³-hybridized carbons (Fsp3) is 0.600. The predicted molar refractivity (Wildman–Crippen MR) is 74.1 cm³/mol. The fourth-order valence-corrected chi connectivity index (χ4v) is 2.30. The molecule has 0 aliphatic carbocycles. The van der Waals surface area contributed by atoms with Gasteiger partial charge in [0, 0.05) is 0 Å². The van der Waals surface area contributed by atoms with Crippen LogP contribution in [-0.4, -0.2) is 20.7 Å². The summed E-state index contributed by atoms with van der Waals surface area (Å²) in [5.41, 5.74) is 5.33. The molecule has 0 saturated carbocycles. The number of unbranched alkanes of at least 4 members (excludes halogenated alkanes) is 1. The van der Waals surface area contributed by atoms with E-state index in [0.717, 1.165) is 18.7 Å². The van der Waals surface area contributed by atoms with Crippen LogP contribution in [0, 0.1) is 20.8 Å². The van der Waals surface area contributed by atoms with Crippen LogP contribution in [0.5, 0.6) is 5.75 Å². The molecule has 1 aromatic carbocycles. The Morgan fingerprint density at radius 1 is 1.12 bits per heavy atom. The third-order valence-electron chi connectivity index (χ3n) is 3.42. The second-order valence-corrected chi connectivity index (χ2v) is 4.71. The van der Waals surface area contributed by atoms with Crippen LogP contribution < -0.4 is 10.1 Å². The summed E-state index contributed by atoms with van der Waals surface area (Å²) in [7, 11) is 3.78. The third-order valence-corrected chi connectivity index (χ3v) is 3.42. The smallest absolute Gasteiger partial charge is 0.125 e. The molecule has 0 aliphatic rings. The largest absolute Gasteiger partial charge is 0.496 e. The second kappa shape index (κ2) is 6.65. The summed E-state index contributed by atoms with van der Waals surface area (Å²) in [5.74, 6) is 1.09. The molecule has 1 N–H and O–H groups in total. The lowest BCUT2D eigenvalue weighted by Crippen LogP contribution is -2.08. The van der Waals surface area contributed by atoms with E-state index >= 15 is 0 Å². The van der Waals surface area contributed by atoms with E-state index in [2.05, 4.69) is 32.2 Å². The topological polar surface area (TPSA) is 21.3 Å². The summed E-state index contributed by atoms with van der Waals surface area (Å²) >= 11 is 0. The lowest BCUT2D eigenvalue weighted by molar-refractivity contribution is 0.404. The first kappa shape index (κ1) is 14.0. The zero-order valence-electron chi connectivity index (χ0n) is 11.8. The molecule has 0 spiro atoms. The molecular formula is C15H25NO. The molecule has 0 amide bonds. The van der Waals surface area contributed by atoms with Gasteiger partial charge in [0.15, 0.2) is 0 Å². The van der Waals surface area contributed by atoms with Crippen LogP contribution in [0.3, 0.4) is 0 Å². The summed E-state index contributed by atoms with van der Waals surface area (Å²) in [6, 6.07) is 2.27. The van der Waals surface area contributed by atoms with Crippen LogP contribution in [-0.2, 0) is 6.42 Å². The molecule has 1 rings (SSSR count). The Hall–Kier alpha value is -1.02. The maximum Gasteiger partial charge on any atom is 0.125 e. The summed E-state index contributed by atoms with van der Waals surface area (Å²) in [4.78, 5) is 0. The van der Waals surface area contributed by atoms with E-state index in [9.17, 15) is 0 Å². The normalized spacial score (nSPS) is 10.6. The van der Waals surface area contributed by atoms with Crippen LogP contribution in [0.2, 0.25) is 0 Å². The fourth-order valence-electron chi connectivity index (χ4n) is 2.30. The van der Waals surface area contributed by atoms with E-state index in [1.165, 1.54) is 35.1 Å². The highest BCUT2D eigenvalue weighted by Gasteiger charge is 2.11. The molecule has 0 heterocycles. The number of hydrogen-bond donors (Lipinski definition) is 1. The standard InChI is InChI=1S/C15H25NO/c1-11-10-12(2)14(8-6-7-9-16-4)15(17-5)13(11)3/h10,16H,6-9H2,1-5H3. The van der Waals surface area contributed by atoms with Crippen LogP contribution in [0.1, 0.15) is 35.1 Å². The molecule has 0 fully saturated rings. The number of hydrogen-bond acceptors (Lipinski definition) is 2. The van der Waals surface area contributed by atoms with Gasteiger partial charge in [-0.25, -0.2) is 0 Å². The molecule has 2 heteroatoms. The average Bonchev–Trinajstić information content (AvgIpc) is 2.31. The monoisotopic (exact) mass is 235 g/mol. The average molecular weight is 235 g/mol. The first-order valence-electron chi connectivity index (χ1n) is 6.40. The molecule has 2 nitrogen and oxygen atoms in total. The first-order chi connectivity index (χ1) is 8.11. The minimum Gasteiger partial charge on any atom is -0.496 e. The zero-order chi connectivity index (χ0) is 12.8. The molecule has 0 bridgehead atoms. The van der Waals surface area contributed by atoms with Crippen molar-refractivity contribution in [3.8, 4) is 5.75 Å². The number of methoxy groups -OCH3 is 1. The van der Waals surface area contributed by atoms with Crippen molar-refractivity contribution in [2.45, 2.75) is 40.0 Å². The van der Waals surface area contributed by atoms with E-state index in [4.69, 9.17) is 4.74 Å². The molecular weight excluding hydrogens is 210 g/mol. The summed E-state index contributed by atoms with van der Waals surface area (Å²) in [6.07, 6.45) is 3.53. The van der Waals surface area contributed by atoms with Crippen molar-refractivity contribution in [2.75, 3.05) is 20.7 Å². The van der Waals surface area contributed by atoms with Crippen molar-refractivity contribution in [3.05, 3.63) is 28.3 Å². The van der Waals surface area contributed by atoms with E-state index in [1.807, 2.05) is 7.05 Å². The van der Waals surface area contributed by atoms with Gasteiger partial charge in [0.1, 0.15) is 5.75 Å². The van der Waals surface area contributed by atoms with E-state index < -0.39 is 0 Å². The van der Waals surface area contributed by atoms with Crippen LogP contribution >= 0.6 is 0 Å². The van der Waals surface area contributed by atoms with Crippen LogP contribution in [0.4, 0.5) is 0 Å². The number of nitrogens with one attached hydrogen (secondary N) is 1. The molecule has 0 saturated heterocycles. The van der Waals surface area contributed by atoms with Crippen molar-refractivity contribution in [1.29, 1.82) is 0 Å². The van der Waals surface area contributed by atoms with Gasteiger partial charge in [-0.3, -0.25) is 0 Å². The van der Waals surface area contributed by atoms with Gasteiger partial charge in [-0.1, -0.05) is 6.07 Å². The highest BCUT2D eigenvalue weighted by molar-refractivity contribution is 5.49. The SMILES string of the molecule is CNCCCCc1c(C)cc(C)c(C)c1OC. The summed E-state index contributed by atoms with van der Waals surface area (Å²) in [5, 5.41) is 3.19. The summed E-state index contributed by atoms with van der Waals surface area (Å²) in [6.45, 7) is 7.56. The highest BCUT2D eigenvalue weighted by Crippen LogP contribution is 2.30. The van der Waals surface area contributed by atoms with Gasteiger partial charge < -0.3 is 10.1 Å². The summed E-state index contributed by atoms with van der Waals surface area (Å²) < 4.78 is 5.58. The Kier molecular flexibility index (Phi) is 5.49. The van der Waals surface area contributed by atoms with Crippen LogP contribution in [0.25, 0.3) is 0 Å². The molecule has 0 atom stereocenters. The van der Waals surface area contributed by atoms with Crippen molar-refractivity contribution >= 4 is 0 Å². The lowest BCUT2D eigenvalue weighted by atomic mass is 9.95. The van der Waals surface area contributed by atoms with Gasteiger partial charge >= 0.3 is 0 Å². The van der Waals surface area contributed by atoms with E-state index in [0.29, 0.717) is 0 Å². The van der Waals surface area contributed by atoms with Crippen molar-refractivity contribution in [2.24, 2.45) is 0 Å². The number of benzene rings is 1. The van der Waals surface area contributed by atoms with Gasteiger partial charge in [0.2, 0.25) is 0 Å². The quantitative estimate of drug-likeness (QED) is 0.765. The Morgan fingerprint density at radius 2 is 1.82 bits per heavy atom. The van der Waals surface area contributed by atoms with Crippen molar-refractivity contribution < 1.29 is 4.74 Å². The van der Waals surface area contributed by atoms with Gasteiger partial charge in [-0.05, 0) is 75.9 Å². The van der Waals surface area contributed by atoms with Crippen molar-refractivity contribution in [3.63, 3.8) is 0 Å². The molecule has 0 radical (unpaired) electrons. The molecule has 1 aromatic rings. The third kappa shape index (κ3) is 3.47. The number of rotatable bonds is 6. The zero-order valence-corrected chi connectivity index (χ0v) is 11.8. The number of ether oxygens (including phenoxy) is 1. The van der Waals surface area contributed by atoms with Gasteiger partial charge in [-0.15, -0.1) is 0 Å². The number of aryl methyl sites for hydroxylation is 2. The van der Waals surface area contributed by atoms with Crippen molar-refractivity contribution in [1.82, 2.24) is 5.32 Å². The Labute approximate surface area is 105 Å². The minimum atomic E-state index is 1.09. The van der Waals surface area contributed by atoms with Gasteiger partial charge in [0.05, 0.1) is 7.11 Å². The maximum absolute atomic E-state index is 5.58.